The number of nitrogens with two attached hydrogens (primary N) is 1. The standard InChI is InChI=1S/C7H8N2O2/c8-7(11)4-5-6(10)2-1-3-9-5/h1-3,10H,4H2,(H2,8,11). The van der Waals surface area contributed by atoms with E-state index >= 15 is 0 Å². The molecule has 1 heterocycles. The van der Waals surface area contributed by atoms with Gasteiger partial charge in [-0.1, -0.05) is 0 Å². The van der Waals surface area contributed by atoms with E-state index in [4.69, 9.17) is 10.8 Å². The van der Waals surface area contributed by atoms with Crippen LogP contribution in [0.3, 0.4) is 0 Å². The number of amides is 1. The lowest BCUT2D eigenvalue weighted by atomic mass is 10.2. The Hall–Kier alpha value is -1.58. The summed E-state index contributed by atoms with van der Waals surface area (Å²) in [5.74, 6) is -0.495. The fourth-order valence-corrected chi connectivity index (χ4v) is 0.731. The van der Waals surface area contributed by atoms with Crippen molar-refractivity contribution in [3.05, 3.63) is 24.0 Å². The SMILES string of the molecule is NC(=O)Cc1ncccc1O. The third-order valence-electron chi connectivity index (χ3n) is 1.21. The molecular weight excluding hydrogens is 144 g/mol. The van der Waals surface area contributed by atoms with Gasteiger partial charge in [-0.3, -0.25) is 9.78 Å². The number of carbonyl (C=O) groups is 1. The molecule has 0 aromatic carbocycles. The molecule has 3 N–H and O–H groups in total. The van der Waals surface area contributed by atoms with Gasteiger partial charge in [-0.25, -0.2) is 0 Å². The summed E-state index contributed by atoms with van der Waals surface area (Å²) in [6, 6.07) is 3.05. The van der Waals surface area contributed by atoms with E-state index in [-0.39, 0.29) is 12.2 Å². The van der Waals surface area contributed by atoms with Gasteiger partial charge in [0.1, 0.15) is 5.75 Å². The minimum atomic E-state index is -0.501. The molecule has 0 aliphatic heterocycles. The predicted octanol–water partition coefficient (Wildman–Crippen LogP) is -0.185. The highest BCUT2D eigenvalue weighted by atomic mass is 16.3. The maximum Gasteiger partial charge on any atom is 0.223 e. The molecule has 58 valence electrons. The summed E-state index contributed by atoms with van der Waals surface area (Å²) in [5, 5.41) is 9.09. The van der Waals surface area contributed by atoms with Crippen molar-refractivity contribution in [1.82, 2.24) is 4.98 Å². The molecule has 0 fully saturated rings. The van der Waals surface area contributed by atoms with Gasteiger partial charge in [0.2, 0.25) is 5.91 Å². The fraction of sp³-hybridized carbons (Fsp3) is 0.143. The van der Waals surface area contributed by atoms with Gasteiger partial charge in [0, 0.05) is 6.20 Å². The van der Waals surface area contributed by atoms with E-state index in [0.29, 0.717) is 5.69 Å². The van der Waals surface area contributed by atoms with Gasteiger partial charge in [0.15, 0.2) is 0 Å². The molecule has 1 aromatic heterocycles. The van der Waals surface area contributed by atoms with Crippen LogP contribution in [0.15, 0.2) is 18.3 Å². The zero-order valence-electron chi connectivity index (χ0n) is 5.82. The van der Waals surface area contributed by atoms with Crippen molar-refractivity contribution in [2.45, 2.75) is 6.42 Å². The first-order chi connectivity index (χ1) is 5.20. The number of hydrogen-bond acceptors (Lipinski definition) is 3. The summed E-state index contributed by atoms with van der Waals surface area (Å²) >= 11 is 0. The largest absolute Gasteiger partial charge is 0.506 e. The molecule has 1 rings (SSSR count). The van der Waals surface area contributed by atoms with E-state index in [9.17, 15) is 4.79 Å². The number of pyridine rings is 1. The highest BCUT2D eigenvalue weighted by Crippen LogP contribution is 2.12. The lowest BCUT2D eigenvalue weighted by molar-refractivity contribution is -0.117. The van der Waals surface area contributed by atoms with E-state index in [1.165, 1.54) is 12.3 Å². The average molecular weight is 152 g/mol. The van der Waals surface area contributed by atoms with E-state index in [1.54, 1.807) is 6.07 Å². The van der Waals surface area contributed by atoms with Crippen LogP contribution in [0.5, 0.6) is 5.75 Å². The van der Waals surface area contributed by atoms with Crippen LogP contribution < -0.4 is 5.73 Å². The molecule has 1 amide bonds. The third-order valence-corrected chi connectivity index (χ3v) is 1.21. The molecule has 0 aliphatic carbocycles. The maximum atomic E-state index is 10.4. The van der Waals surface area contributed by atoms with Crippen LogP contribution in [-0.4, -0.2) is 16.0 Å². The lowest BCUT2D eigenvalue weighted by Crippen LogP contribution is -2.14. The minimum absolute atomic E-state index is 0.00583. The number of aromatic hydroxyl groups is 1. The highest BCUT2D eigenvalue weighted by molar-refractivity contribution is 5.76. The molecule has 0 atom stereocenters. The van der Waals surface area contributed by atoms with Crippen LogP contribution in [0, 0.1) is 0 Å². The van der Waals surface area contributed by atoms with Crippen molar-refractivity contribution in [1.29, 1.82) is 0 Å². The second kappa shape index (κ2) is 3.01. The molecule has 1 aromatic rings. The van der Waals surface area contributed by atoms with Crippen molar-refractivity contribution in [3.63, 3.8) is 0 Å². The average Bonchev–Trinajstić information content (AvgIpc) is 1.93. The Morgan fingerprint density at radius 2 is 2.45 bits per heavy atom. The third kappa shape index (κ3) is 1.93. The normalized spacial score (nSPS) is 9.45. The summed E-state index contributed by atoms with van der Waals surface area (Å²) in [5.41, 5.74) is 5.22. The van der Waals surface area contributed by atoms with Crippen molar-refractivity contribution in [3.8, 4) is 5.75 Å². The summed E-state index contributed by atoms with van der Waals surface area (Å²) in [4.78, 5) is 14.2. The van der Waals surface area contributed by atoms with E-state index < -0.39 is 5.91 Å². The number of nitrogens with zero attached hydrogens (tertiary/aromatic N) is 1. The first-order valence-corrected chi connectivity index (χ1v) is 3.11. The molecule has 0 aliphatic rings. The van der Waals surface area contributed by atoms with Gasteiger partial charge in [0.05, 0.1) is 12.1 Å². The maximum absolute atomic E-state index is 10.4. The summed E-state index contributed by atoms with van der Waals surface area (Å²) in [7, 11) is 0. The second-order valence-corrected chi connectivity index (χ2v) is 2.11. The van der Waals surface area contributed by atoms with Crippen LogP contribution in [0.4, 0.5) is 0 Å². The Morgan fingerprint density at radius 1 is 1.73 bits per heavy atom. The van der Waals surface area contributed by atoms with Crippen LogP contribution in [-0.2, 0) is 11.2 Å². The number of hydrogen-bond donors (Lipinski definition) is 2. The summed E-state index contributed by atoms with van der Waals surface area (Å²) in [6.45, 7) is 0. The Balaban J connectivity index is 2.86. The topological polar surface area (TPSA) is 76.2 Å². The van der Waals surface area contributed by atoms with Gasteiger partial charge in [-0.15, -0.1) is 0 Å². The fourth-order valence-electron chi connectivity index (χ4n) is 0.731. The van der Waals surface area contributed by atoms with Crippen LogP contribution >= 0.6 is 0 Å². The predicted molar refractivity (Wildman–Crippen MR) is 38.8 cm³/mol. The van der Waals surface area contributed by atoms with Crippen molar-refractivity contribution in [2.75, 3.05) is 0 Å². The van der Waals surface area contributed by atoms with Gasteiger partial charge in [-0.05, 0) is 12.1 Å². The molecule has 0 saturated heterocycles. The van der Waals surface area contributed by atoms with Crippen molar-refractivity contribution >= 4 is 5.91 Å². The van der Waals surface area contributed by atoms with Gasteiger partial charge >= 0.3 is 0 Å². The van der Waals surface area contributed by atoms with Crippen molar-refractivity contribution in [2.24, 2.45) is 5.73 Å². The van der Waals surface area contributed by atoms with E-state index in [2.05, 4.69) is 4.98 Å². The molecule has 0 spiro atoms. The molecule has 0 bridgehead atoms. The molecule has 0 radical (unpaired) electrons. The van der Waals surface area contributed by atoms with Crippen LogP contribution in [0.1, 0.15) is 5.69 Å². The molecule has 4 heteroatoms. The van der Waals surface area contributed by atoms with Crippen LogP contribution in [0.25, 0.3) is 0 Å². The van der Waals surface area contributed by atoms with Crippen LogP contribution in [0.2, 0.25) is 0 Å². The molecule has 0 saturated carbocycles. The Morgan fingerprint density at radius 3 is 3.00 bits per heavy atom. The highest BCUT2D eigenvalue weighted by Gasteiger charge is 2.03. The van der Waals surface area contributed by atoms with E-state index in [1.807, 2.05) is 0 Å². The molecule has 0 unspecified atom stereocenters. The van der Waals surface area contributed by atoms with Gasteiger partial charge in [0.25, 0.3) is 0 Å². The first-order valence-electron chi connectivity index (χ1n) is 3.11. The Bertz CT molecular complexity index is 273. The zero-order valence-corrected chi connectivity index (χ0v) is 5.82. The number of aromatic nitrogens is 1. The summed E-state index contributed by atoms with van der Waals surface area (Å²) < 4.78 is 0. The number of rotatable bonds is 2. The summed E-state index contributed by atoms with van der Waals surface area (Å²) in [6.07, 6.45) is 1.48. The Labute approximate surface area is 63.7 Å². The molecule has 11 heavy (non-hydrogen) atoms. The van der Waals surface area contributed by atoms with Crippen molar-refractivity contribution < 1.29 is 9.90 Å². The first kappa shape index (κ1) is 7.53. The second-order valence-electron chi connectivity index (χ2n) is 2.11. The lowest BCUT2D eigenvalue weighted by Gasteiger charge is -1.97. The minimum Gasteiger partial charge on any atom is -0.506 e. The number of carbonyl (C=O) groups excluding carboxylic acids is 1. The monoisotopic (exact) mass is 152 g/mol. The molecular formula is C7H8N2O2. The Kier molecular flexibility index (Phi) is 2.06. The number of primary amides is 1. The van der Waals surface area contributed by atoms with Gasteiger partial charge < -0.3 is 10.8 Å². The molecule has 4 nitrogen and oxygen atoms in total. The zero-order chi connectivity index (χ0) is 8.27. The van der Waals surface area contributed by atoms with Gasteiger partial charge in [-0.2, -0.15) is 0 Å². The quantitative estimate of drug-likeness (QED) is 0.616. The van der Waals surface area contributed by atoms with E-state index in [0.717, 1.165) is 0 Å². The smallest absolute Gasteiger partial charge is 0.223 e.